The van der Waals surface area contributed by atoms with Gasteiger partial charge >= 0.3 is 5.97 Å². The van der Waals surface area contributed by atoms with E-state index in [1.807, 2.05) is 53.4 Å². The van der Waals surface area contributed by atoms with Gasteiger partial charge in [0.25, 0.3) is 0 Å². The molecule has 0 spiro atoms. The Hall–Kier alpha value is -3.88. The highest BCUT2D eigenvalue weighted by Crippen LogP contribution is 2.44. The van der Waals surface area contributed by atoms with Crippen LogP contribution in [0.15, 0.2) is 83.4 Å². The molecule has 2 aromatic heterocycles. The van der Waals surface area contributed by atoms with Crippen molar-refractivity contribution in [3.8, 4) is 17.1 Å². The first-order chi connectivity index (χ1) is 19.0. The van der Waals surface area contributed by atoms with Crippen LogP contribution >= 0.6 is 23.8 Å². The monoisotopic (exact) mass is 559 g/mol. The van der Waals surface area contributed by atoms with E-state index in [2.05, 4.69) is 10.3 Å². The molecule has 1 aliphatic heterocycles. The van der Waals surface area contributed by atoms with Crippen molar-refractivity contribution >= 4 is 40.6 Å². The zero-order valence-corrected chi connectivity index (χ0v) is 22.5. The summed E-state index contributed by atoms with van der Waals surface area (Å²) in [5.74, 6) is 0.911. The molecule has 4 aromatic rings. The van der Waals surface area contributed by atoms with Crippen molar-refractivity contribution in [1.29, 1.82) is 0 Å². The van der Waals surface area contributed by atoms with Crippen LogP contribution in [0.4, 0.5) is 5.69 Å². The average Bonchev–Trinajstić information content (AvgIpc) is 3.70. The fourth-order valence-electron chi connectivity index (χ4n) is 5.31. The van der Waals surface area contributed by atoms with Crippen LogP contribution in [0.3, 0.4) is 0 Å². The number of thiocarbonyl (C=S) groups is 1. The summed E-state index contributed by atoms with van der Waals surface area (Å²) in [4.78, 5) is 18.2. The third-order valence-electron chi connectivity index (χ3n) is 7.21. The number of hydrogen-bond acceptors (Lipinski definition) is 5. The highest BCUT2D eigenvalue weighted by atomic mass is 35.5. The molecule has 1 saturated heterocycles. The number of carbonyl (C=O) groups is 1. The predicted molar refractivity (Wildman–Crippen MR) is 153 cm³/mol. The number of aromatic carboxylic acids is 1. The summed E-state index contributed by atoms with van der Waals surface area (Å²) in [6.45, 7) is 0. The van der Waals surface area contributed by atoms with Gasteiger partial charge in [0.05, 0.1) is 28.4 Å². The van der Waals surface area contributed by atoms with Gasteiger partial charge < -0.3 is 24.5 Å². The number of furan rings is 1. The van der Waals surface area contributed by atoms with E-state index < -0.39 is 5.97 Å². The number of aromatic nitrogens is 1. The zero-order chi connectivity index (χ0) is 26.9. The van der Waals surface area contributed by atoms with Gasteiger partial charge in [-0.2, -0.15) is 0 Å². The topological polar surface area (TPSA) is 87.8 Å². The maximum atomic E-state index is 11.5. The molecule has 2 aliphatic rings. The lowest BCUT2D eigenvalue weighted by Gasteiger charge is -2.26. The third-order valence-corrected chi connectivity index (χ3v) is 7.86. The van der Waals surface area contributed by atoms with Crippen LogP contribution < -0.4 is 15.0 Å². The van der Waals surface area contributed by atoms with Crippen LogP contribution in [0.1, 0.15) is 59.6 Å². The Bertz CT molecular complexity index is 1500. The molecule has 0 radical (unpaired) electrons. The molecule has 3 heterocycles. The maximum absolute atomic E-state index is 11.5. The van der Waals surface area contributed by atoms with Crippen LogP contribution in [0, 0.1) is 0 Å². The Morgan fingerprint density at radius 3 is 2.59 bits per heavy atom. The van der Waals surface area contributed by atoms with E-state index >= 15 is 0 Å². The Morgan fingerprint density at radius 1 is 1.08 bits per heavy atom. The van der Waals surface area contributed by atoms with Crippen molar-refractivity contribution in [2.45, 2.75) is 43.9 Å². The molecule has 198 valence electrons. The molecule has 1 saturated carbocycles. The SMILES string of the molecule is O=C(O)c1ccc(Cl)c(-c2ccc(C3C(c4ccccn4)NC(=S)N3c3ccc(OC4CCCC4)cc3)o2)c1. The molecule has 39 heavy (non-hydrogen) atoms. The second-order valence-corrected chi connectivity index (χ2v) is 10.5. The molecule has 0 bridgehead atoms. The van der Waals surface area contributed by atoms with E-state index in [1.165, 1.54) is 25.0 Å². The number of carboxylic acids is 1. The lowest BCUT2D eigenvalue weighted by Crippen LogP contribution is -2.29. The molecule has 2 fully saturated rings. The van der Waals surface area contributed by atoms with Gasteiger partial charge in [-0.05, 0) is 105 Å². The predicted octanol–water partition coefficient (Wildman–Crippen LogP) is 7.19. The highest BCUT2D eigenvalue weighted by Gasteiger charge is 2.42. The molecule has 0 amide bonds. The van der Waals surface area contributed by atoms with Crippen molar-refractivity contribution in [3.05, 3.63) is 101 Å². The van der Waals surface area contributed by atoms with Gasteiger partial charge in [0, 0.05) is 17.4 Å². The van der Waals surface area contributed by atoms with E-state index in [1.54, 1.807) is 18.3 Å². The number of halogens is 1. The Morgan fingerprint density at radius 2 is 1.87 bits per heavy atom. The fraction of sp³-hybridized carbons (Fsp3) is 0.233. The molecule has 9 heteroatoms. The fourth-order valence-corrected chi connectivity index (χ4v) is 5.87. The van der Waals surface area contributed by atoms with Gasteiger partial charge in [-0.15, -0.1) is 0 Å². The minimum Gasteiger partial charge on any atom is -0.490 e. The summed E-state index contributed by atoms with van der Waals surface area (Å²) in [6, 6.07) is 21.3. The largest absolute Gasteiger partial charge is 0.490 e. The van der Waals surface area contributed by atoms with Crippen LogP contribution in [0.25, 0.3) is 11.3 Å². The second kappa shape index (κ2) is 10.7. The Labute approximate surface area is 236 Å². The van der Waals surface area contributed by atoms with Crippen LogP contribution in [0.2, 0.25) is 5.02 Å². The summed E-state index contributed by atoms with van der Waals surface area (Å²) < 4.78 is 12.5. The number of nitrogens with zero attached hydrogens (tertiary/aromatic N) is 2. The molecular weight excluding hydrogens is 534 g/mol. The minimum absolute atomic E-state index is 0.129. The summed E-state index contributed by atoms with van der Waals surface area (Å²) >= 11 is 12.3. The number of pyridine rings is 1. The number of hydrogen-bond donors (Lipinski definition) is 2. The van der Waals surface area contributed by atoms with E-state index in [0.29, 0.717) is 27.2 Å². The normalized spacial score (nSPS) is 19.3. The average molecular weight is 560 g/mol. The third kappa shape index (κ3) is 5.10. The number of carboxylic acid groups (broad SMARTS) is 1. The van der Waals surface area contributed by atoms with Gasteiger partial charge in [0.2, 0.25) is 0 Å². The van der Waals surface area contributed by atoms with Crippen LogP contribution in [0.5, 0.6) is 5.75 Å². The van der Waals surface area contributed by atoms with Gasteiger partial charge in [0.1, 0.15) is 23.3 Å². The number of ether oxygens (including phenoxy) is 1. The van der Waals surface area contributed by atoms with E-state index in [-0.39, 0.29) is 23.8 Å². The van der Waals surface area contributed by atoms with Gasteiger partial charge in [-0.3, -0.25) is 4.98 Å². The first-order valence-electron chi connectivity index (χ1n) is 12.9. The number of nitrogens with one attached hydrogen (secondary N) is 1. The Balaban J connectivity index is 1.37. The molecule has 2 aromatic carbocycles. The summed E-state index contributed by atoms with van der Waals surface area (Å²) in [6.07, 6.45) is 6.64. The van der Waals surface area contributed by atoms with Crippen molar-refractivity contribution in [1.82, 2.24) is 10.3 Å². The van der Waals surface area contributed by atoms with Gasteiger partial charge in [-0.25, -0.2) is 4.79 Å². The quantitative estimate of drug-likeness (QED) is 0.230. The van der Waals surface area contributed by atoms with E-state index in [9.17, 15) is 9.90 Å². The van der Waals surface area contributed by atoms with Crippen LogP contribution in [-0.4, -0.2) is 27.3 Å². The molecule has 7 nitrogen and oxygen atoms in total. The van der Waals surface area contributed by atoms with Crippen molar-refractivity contribution in [2.24, 2.45) is 0 Å². The zero-order valence-electron chi connectivity index (χ0n) is 20.9. The van der Waals surface area contributed by atoms with Crippen LogP contribution in [-0.2, 0) is 0 Å². The number of anilines is 1. The summed E-state index contributed by atoms with van der Waals surface area (Å²) in [5, 5.41) is 13.8. The van der Waals surface area contributed by atoms with Crippen molar-refractivity contribution in [2.75, 3.05) is 4.90 Å². The molecule has 2 atom stereocenters. The summed E-state index contributed by atoms with van der Waals surface area (Å²) in [5.41, 5.74) is 2.34. The van der Waals surface area contributed by atoms with E-state index in [4.69, 9.17) is 33.0 Å². The molecular formula is C30H26ClN3O4S. The van der Waals surface area contributed by atoms with E-state index in [0.717, 1.165) is 30.0 Å². The van der Waals surface area contributed by atoms with Gasteiger partial charge in [0.15, 0.2) is 5.11 Å². The molecule has 6 rings (SSSR count). The van der Waals surface area contributed by atoms with Crippen molar-refractivity contribution < 1.29 is 19.1 Å². The maximum Gasteiger partial charge on any atom is 0.335 e. The minimum atomic E-state index is -1.04. The molecule has 1 aliphatic carbocycles. The number of rotatable bonds is 7. The van der Waals surface area contributed by atoms with Gasteiger partial charge in [-0.1, -0.05) is 17.7 Å². The molecule has 2 unspecified atom stereocenters. The first kappa shape index (κ1) is 25.4. The first-order valence-corrected chi connectivity index (χ1v) is 13.7. The standard InChI is InChI=1S/C30H26ClN3O4S/c31-23-13-8-18(29(35)36)17-22(23)25-14-15-26(38-25)28-27(24-7-3-4-16-32-24)33-30(39)34(28)19-9-11-21(12-10-19)37-20-5-1-2-6-20/h3-4,7-17,20,27-28H,1-2,5-6H2,(H,33,39)(H,35,36). The lowest BCUT2D eigenvalue weighted by molar-refractivity contribution is 0.0697. The summed E-state index contributed by atoms with van der Waals surface area (Å²) in [7, 11) is 0. The highest BCUT2D eigenvalue weighted by molar-refractivity contribution is 7.80. The lowest BCUT2D eigenvalue weighted by atomic mass is 10.0. The number of benzene rings is 2. The second-order valence-electron chi connectivity index (χ2n) is 9.72. The smallest absolute Gasteiger partial charge is 0.335 e. The molecule has 2 N–H and O–H groups in total. The van der Waals surface area contributed by atoms with Crippen molar-refractivity contribution in [3.63, 3.8) is 0 Å². The Kier molecular flexibility index (Phi) is 6.97.